The molecule has 1 unspecified atom stereocenters. The third-order valence-corrected chi connectivity index (χ3v) is 2.77. The maximum Gasteiger partial charge on any atom is 0.242 e. The lowest BCUT2D eigenvalue weighted by molar-refractivity contribution is -0.116. The molecule has 4 heteroatoms. The predicted octanol–water partition coefficient (Wildman–Crippen LogP) is 3.68. The Kier molecular flexibility index (Phi) is 5.99. The van der Waals surface area contributed by atoms with Gasteiger partial charge in [-0.2, -0.15) is 0 Å². The molecule has 1 aromatic carbocycles. The van der Waals surface area contributed by atoms with Crippen molar-refractivity contribution in [2.45, 2.75) is 32.6 Å². The van der Waals surface area contributed by atoms with Crippen molar-refractivity contribution in [2.75, 3.05) is 11.9 Å². The zero-order valence-electron chi connectivity index (χ0n) is 11.1. The molecule has 0 aliphatic rings. The van der Waals surface area contributed by atoms with Crippen LogP contribution < -0.4 is 10.1 Å². The Labute approximate surface area is 113 Å². The summed E-state index contributed by atoms with van der Waals surface area (Å²) in [5.74, 6) is 1.04. The van der Waals surface area contributed by atoms with Gasteiger partial charge in [-0.05, 0) is 43.5 Å². The molecule has 0 bridgehead atoms. The smallest absolute Gasteiger partial charge is 0.242 e. The predicted molar refractivity (Wildman–Crippen MR) is 75.3 cm³/mol. The zero-order chi connectivity index (χ0) is 13.5. The van der Waals surface area contributed by atoms with E-state index in [1.807, 2.05) is 45.0 Å². The van der Waals surface area contributed by atoms with Gasteiger partial charge in [-0.15, -0.1) is 11.6 Å². The minimum absolute atomic E-state index is 0.158. The Hall–Kier alpha value is -1.22. The molecule has 0 fully saturated rings. The van der Waals surface area contributed by atoms with Crippen LogP contribution in [0.25, 0.3) is 0 Å². The van der Waals surface area contributed by atoms with Gasteiger partial charge in [0.05, 0.1) is 6.61 Å². The van der Waals surface area contributed by atoms with Gasteiger partial charge in [0, 0.05) is 5.69 Å². The number of carbonyl (C=O) groups is 1. The van der Waals surface area contributed by atoms with Gasteiger partial charge in [0.1, 0.15) is 11.1 Å². The summed E-state index contributed by atoms with van der Waals surface area (Å²) >= 11 is 6.02. The van der Waals surface area contributed by atoms with Gasteiger partial charge in [-0.25, -0.2) is 0 Å². The first-order valence-corrected chi connectivity index (χ1v) is 6.64. The average molecular weight is 270 g/mol. The van der Waals surface area contributed by atoms with Gasteiger partial charge in [-0.3, -0.25) is 4.79 Å². The van der Waals surface area contributed by atoms with E-state index in [1.165, 1.54) is 0 Å². The fourth-order valence-electron chi connectivity index (χ4n) is 1.54. The number of carbonyl (C=O) groups excluding carboxylic acids is 1. The monoisotopic (exact) mass is 269 g/mol. The zero-order valence-corrected chi connectivity index (χ0v) is 11.8. The highest BCUT2D eigenvalue weighted by Crippen LogP contribution is 2.17. The number of nitrogens with one attached hydrogen (secondary N) is 1. The highest BCUT2D eigenvalue weighted by atomic mass is 35.5. The summed E-state index contributed by atoms with van der Waals surface area (Å²) < 4.78 is 5.33. The van der Waals surface area contributed by atoms with Crippen LogP contribution in [0.2, 0.25) is 0 Å². The molecule has 1 atom stereocenters. The maximum absolute atomic E-state index is 11.8. The molecule has 1 aromatic rings. The average Bonchev–Trinajstić information content (AvgIpc) is 2.31. The molecule has 100 valence electrons. The fraction of sp³-hybridized carbons (Fsp3) is 0.500. The third kappa shape index (κ3) is 4.96. The highest BCUT2D eigenvalue weighted by molar-refractivity contribution is 6.32. The molecule has 1 amide bonds. The second-order valence-electron chi connectivity index (χ2n) is 4.54. The van der Waals surface area contributed by atoms with Crippen LogP contribution in [0.15, 0.2) is 24.3 Å². The van der Waals surface area contributed by atoms with E-state index in [9.17, 15) is 4.79 Å². The Balaban J connectivity index is 2.53. The van der Waals surface area contributed by atoms with Crippen molar-refractivity contribution in [3.05, 3.63) is 24.3 Å². The summed E-state index contributed by atoms with van der Waals surface area (Å²) in [7, 11) is 0. The van der Waals surface area contributed by atoms with Crippen LogP contribution in [0, 0.1) is 5.92 Å². The molecule has 0 aromatic heterocycles. The van der Waals surface area contributed by atoms with E-state index < -0.39 is 5.38 Å². The van der Waals surface area contributed by atoms with Gasteiger partial charge in [0.25, 0.3) is 0 Å². The lowest BCUT2D eigenvalue weighted by Gasteiger charge is -2.12. The summed E-state index contributed by atoms with van der Waals surface area (Å²) in [5.41, 5.74) is 0.734. The van der Waals surface area contributed by atoms with Gasteiger partial charge in [0.15, 0.2) is 0 Å². The molecule has 18 heavy (non-hydrogen) atoms. The third-order valence-electron chi connectivity index (χ3n) is 2.40. The Bertz CT molecular complexity index is 376. The number of ether oxygens (including phenoxy) is 1. The first-order valence-electron chi connectivity index (χ1n) is 6.20. The number of anilines is 1. The van der Waals surface area contributed by atoms with Crippen LogP contribution in [0.1, 0.15) is 27.2 Å². The number of hydrogen-bond acceptors (Lipinski definition) is 2. The van der Waals surface area contributed by atoms with Crippen molar-refractivity contribution in [1.29, 1.82) is 0 Å². The first-order chi connectivity index (χ1) is 8.52. The topological polar surface area (TPSA) is 38.3 Å². The Morgan fingerprint density at radius 2 is 1.94 bits per heavy atom. The lowest BCUT2D eigenvalue weighted by atomic mass is 10.1. The number of hydrogen-bond donors (Lipinski definition) is 1. The molecular formula is C14H20ClNO2. The van der Waals surface area contributed by atoms with Gasteiger partial charge in [0.2, 0.25) is 5.91 Å². The van der Waals surface area contributed by atoms with Crippen LogP contribution in [0.4, 0.5) is 5.69 Å². The summed E-state index contributed by atoms with van der Waals surface area (Å²) in [4.78, 5) is 11.8. The molecular weight excluding hydrogens is 250 g/mol. The molecule has 0 heterocycles. The molecule has 0 aliphatic carbocycles. The van der Waals surface area contributed by atoms with Crippen molar-refractivity contribution >= 4 is 23.2 Å². The van der Waals surface area contributed by atoms with Crippen LogP contribution in [-0.2, 0) is 4.79 Å². The van der Waals surface area contributed by atoms with Crippen LogP contribution in [-0.4, -0.2) is 17.9 Å². The van der Waals surface area contributed by atoms with Gasteiger partial charge < -0.3 is 10.1 Å². The van der Waals surface area contributed by atoms with Crippen molar-refractivity contribution in [1.82, 2.24) is 0 Å². The van der Waals surface area contributed by atoms with E-state index in [1.54, 1.807) is 0 Å². The second-order valence-corrected chi connectivity index (χ2v) is 5.07. The largest absolute Gasteiger partial charge is 0.494 e. The van der Waals surface area contributed by atoms with Crippen LogP contribution in [0.3, 0.4) is 0 Å². The number of alkyl halides is 1. The van der Waals surface area contributed by atoms with Crippen LogP contribution in [0.5, 0.6) is 5.75 Å². The molecule has 0 aliphatic heterocycles. The summed E-state index contributed by atoms with van der Waals surface area (Å²) in [6.45, 7) is 6.64. The van der Waals surface area contributed by atoms with Crippen molar-refractivity contribution in [2.24, 2.45) is 5.92 Å². The lowest BCUT2D eigenvalue weighted by Crippen LogP contribution is -2.24. The molecule has 0 spiro atoms. The minimum atomic E-state index is -0.489. The van der Waals surface area contributed by atoms with E-state index in [4.69, 9.17) is 16.3 Å². The molecule has 1 N–H and O–H groups in total. The summed E-state index contributed by atoms with van der Waals surface area (Å²) in [6, 6.07) is 7.26. The first kappa shape index (κ1) is 14.8. The van der Waals surface area contributed by atoms with E-state index in [0.717, 1.165) is 11.4 Å². The molecule has 0 saturated heterocycles. The second kappa shape index (κ2) is 7.27. The molecule has 3 nitrogen and oxygen atoms in total. The van der Waals surface area contributed by atoms with Crippen molar-refractivity contribution in [3.63, 3.8) is 0 Å². The SMILES string of the molecule is CCOc1ccc(NC(=O)C(Cl)CC(C)C)cc1. The highest BCUT2D eigenvalue weighted by Gasteiger charge is 2.16. The van der Waals surface area contributed by atoms with Gasteiger partial charge >= 0.3 is 0 Å². The molecule has 0 radical (unpaired) electrons. The van der Waals surface area contributed by atoms with Crippen LogP contribution >= 0.6 is 11.6 Å². The molecule has 1 rings (SSSR count). The van der Waals surface area contributed by atoms with E-state index in [0.29, 0.717) is 18.9 Å². The maximum atomic E-state index is 11.8. The number of amides is 1. The molecule has 0 saturated carbocycles. The Morgan fingerprint density at radius 1 is 1.33 bits per heavy atom. The summed E-state index contributed by atoms with van der Waals surface area (Å²) in [5, 5.41) is 2.30. The van der Waals surface area contributed by atoms with E-state index in [-0.39, 0.29) is 5.91 Å². The quantitative estimate of drug-likeness (QED) is 0.800. The number of benzene rings is 1. The minimum Gasteiger partial charge on any atom is -0.494 e. The van der Waals surface area contributed by atoms with E-state index in [2.05, 4.69) is 5.32 Å². The number of halogens is 1. The van der Waals surface area contributed by atoms with E-state index >= 15 is 0 Å². The Morgan fingerprint density at radius 3 is 2.44 bits per heavy atom. The van der Waals surface area contributed by atoms with Crippen molar-refractivity contribution in [3.8, 4) is 5.75 Å². The standard InChI is InChI=1S/C14H20ClNO2/c1-4-18-12-7-5-11(6-8-12)16-14(17)13(15)9-10(2)3/h5-8,10,13H,4,9H2,1-3H3,(H,16,17). The van der Waals surface area contributed by atoms with Crippen molar-refractivity contribution < 1.29 is 9.53 Å². The number of rotatable bonds is 6. The summed E-state index contributed by atoms with van der Waals surface area (Å²) in [6.07, 6.45) is 0.671. The van der Waals surface area contributed by atoms with Gasteiger partial charge in [-0.1, -0.05) is 13.8 Å². The fourth-order valence-corrected chi connectivity index (χ4v) is 1.95. The normalized spacial score (nSPS) is 12.3.